The molecule has 0 fully saturated rings. The van der Waals surface area contributed by atoms with Gasteiger partial charge in [-0.2, -0.15) is 13.2 Å². The summed E-state index contributed by atoms with van der Waals surface area (Å²) in [5, 5.41) is 4.29. The van der Waals surface area contributed by atoms with Crippen LogP contribution in [0.1, 0.15) is 9.67 Å². The van der Waals surface area contributed by atoms with E-state index in [0.29, 0.717) is 16.3 Å². The maximum absolute atomic E-state index is 12.0. The third-order valence-corrected chi connectivity index (χ3v) is 3.35. The second kappa shape index (κ2) is 6.04. The maximum atomic E-state index is 12.0. The van der Waals surface area contributed by atoms with Gasteiger partial charge in [-0.25, -0.2) is 0 Å². The van der Waals surface area contributed by atoms with E-state index in [0.717, 1.165) is 0 Å². The first-order valence-corrected chi connectivity index (χ1v) is 6.67. The second-order valence-corrected chi connectivity index (χ2v) is 5.00. The highest BCUT2D eigenvalue weighted by atomic mass is 32.1. The number of halogens is 3. The fourth-order valence-electron chi connectivity index (χ4n) is 1.49. The van der Waals surface area contributed by atoms with Crippen LogP contribution in [0.4, 0.5) is 24.5 Å². The molecule has 21 heavy (non-hydrogen) atoms. The van der Waals surface area contributed by atoms with Gasteiger partial charge in [0.15, 0.2) is 6.61 Å². The Bertz CT molecular complexity index is 623. The molecule has 0 saturated carbocycles. The number of nitrogens with one attached hydrogen (secondary N) is 1. The predicted molar refractivity (Wildman–Crippen MR) is 74.7 cm³/mol. The van der Waals surface area contributed by atoms with Crippen LogP contribution in [0.5, 0.6) is 5.75 Å². The quantitative estimate of drug-likeness (QED) is 0.907. The zero-order chi connectivity index (χ0) is 15.5. The summed E-state index contributed by atoms with van der Waals surface area (Å²) < 4.78 is 40.6. The summed E-state index contributed by atoms with van der Waals surface area (Å²) in [7, 11) is 0. The lowest BCUT2D eigenvalue weighted by atomic mass is 10.3. The Balaban J connectivity index is 1.96. The summed E-state index contributed by atoms with van der Waals surface area (Å²) in [4.78, 5) is 12.3. The molecule has 1 aromatic heterocycles. The molecule has 1 amide bonds. The van der Waals surface area contributed by atoms with Crippen LogP contribution in [0.2, 0.25) is 0 Å². The van der Waals surface area contributed by atoms with Gasteiger partial charge in [-0.3, -0.25) is 4.79 Å². The normalized spacial score (nSPS) is 11.2. The minimum absolute atomic E-state index is 0.0703. The van der Waals surface area contributed by atoms with Gasteiger partial charge in [0.25, 0.3) is 5.91 Å². The molecule has 0 spiro atoms. The molecule has 112 valence electrons. The van der Waals surface area contributed by atoms with E-state index in [1.54, 1.807) is 11.4 Å². The van der Waals surface area contributed by atoms with Gasteiger partial charge in [0.2, 0.25) is 0 Å². The Morgan fingerprint density at radius 1 is 1.24 bits per heavy atom. The summed E-state index contributed by atoms with van der Waals surface area (Å²) >= 11 is 1.20. The average Bonchev–Trinajstić information content (AvgIpc) is 2.83. The van der Waals surface area contributed by atoms with Crippen LogP contribution in [-0.4, -0.2) is 18.7 Å². The maximum Gasteiger partial charge on any atom is 0.422 e. The number of hydrogen-bond acceptors (Lipinski definition) is 4. The van der Waals surface area contributed by atoms with Crippen LogP contribution >= 0.6 is 11.3 Å². The van der Waals surface area contributed by atoms with E-state index >= 15 is 0 Å². The number of carbonyl (C=O) groups is 1. The van der Waals surface area contributed by atoms with Crippen molar-refractivity contribution in [2.45, 2.75) is 6.18 Å². The van der Waals surface area contributed by atoms with Crippen LogP contribution in [-0.2, 0) is 0 Å². The van der Waals surface area contributed by atoms with Crippen molar-refractivity contribution < 1.29 is 22.7 Å². The minimum atomic E-state index is -4.39. The molecule has 0 aliphatic carbocycles. The highest BCUT2D eigenvalue weighted by molar-refractivity contribution is 7.12. The molecule has 2 rings (SSSR count). The number of alkyl halides is 3. The first-order valence-electron chi connectivity index (χ1n) is 5.79. The number of rotatable bonds is 4. The largest absolute Gasteiger partial charge is 0.484 e. The summed E-state index contributed by atoms with van der Waals surface area (Å²) in [5.74, 6) is -0.299. The van der Waals surface area contributed by atoms with Gasteiger partial charge in [-0.1, -0.05) is 0 Å². The van der Waals surface area contributed by atoms with Crippen LogP contribution < -0.4 is 15.8 Å². The molecule has 1 heterocycles. The smallest absolute Gasteiger partial charge is 0.422 e. The van der Waals surface area contributed by atoms with Gasteiger partial charge in [0.1, 0.15) is 10.6 Å². The molecular formula is C13H11F3N2O2S. The highest BCUT2D eigenvalue weighted by Gasteiger charge is 2.28. The average molecular weight is 316 g/mol. The van der Waals surface area contributed by atoms with E-state index in [1.165, 1.54) is 35.6 Å². The van der Waals surface area contributed by atoms with Crippen molar-refractivity contribution >= 4 is 28.6 Å². The number of benzene rings is 1. The molecule has 3 N–H and O–H groups in total. The van der Waals surface area contributed by atoms with E-state index < -0.39 is 12.8 Å². The molecule has 8 heteroatoms. The molecule has 0 radical (unpaired) electrons. The van der Waals surface area contributed by atoms with Crippen LogP contribution in [0, 0.1) is 0 Å². The molecule has 4 nitrogen and oxygen atoms in total. The zero-order valence-electron chi connectivity index (χ0n) is 10.6. The van der Waals surface area contributed by atoms with Crippen molar-refractivity contribution in [3.8, 4) is 5.75 Å². The van der Waals surface area contributed by atoms with Gasteiger partial charge in [0, 0.05) is 5.69 Å². The van der Waals surface area contributed by atoms with Crippen LogP contribution in [0.3, 0.4) is 0 Å². The van der Waals surface area contributed by atoms with Crippen LogP contribution in [0.15, 0.2) is 35.7 Å². The monoisotopic (exact) mass is 316 g/mol. The predicted octanol–water partition coefficient (Wildman–Crippen LogP) is 3.52. The van der Waals surface area contributed by atoms with E-state index in [-0.39, 0.29) is 11.7 Å². The van der Waals surface area contributed by atoms with Gasteiger partial charge < -0.3 is 15.8 Å². The lowest BCUT2D eigenvalue weighted by Crippen LogP contribution is -2.19. The summed E-state index contributed by atoms with van der Waals surface area (Å²) in [6, 6.07) is 7.22. The van der Waals surface area contributed by atoms with Crippen LogP contribution in [0.25, 0.3) is 0 Å². The Morgan fingerprint density at radius 3 is 2.43 bits per heavy atom. The third kappa shape index (κ3) is 4.38. The number of anilines is 2. The number of nitrogen functional groups attached to an aromatic ring is 1. The highest BCUT2D eigenvalue weighted by Crippen LogP contribution is 2.23. The molecule has 0 aliphatic heterocycles. The number of nitrogens with two attached hydrogens (primary N) is 1. The number of carbonyl (C=O) groups excluding carboxylic acids is 1. The van der Waals surface area contributed by atoms with Crippen molar-refractivity contribution in [3.63, 3.8) is 0 Å². The van der Waals surface area contributed by atoms with Crippen molar-refractivity contribution in [3.05, 3.63) is 40.6 Å². The Labute approximate surface area is 122 Å². The Morgan fingerprint density at radius 2 is 1.90 bits per heavy atom. The zero-order valence-corrected chi connectivity index (χ0v) is 11.4. The van der Waals surface area contributed by atoms with E-state index in [2.05, 4.69) is 10.1 Å². The lowest BCUT2D eigenvalue weighted by molar-refractivity contribution is -0.153. The van der Waals surface area contributed by atoms with Crippen molar-refractivity contribution in [2.24, 2.45) is 0 Å². The molecule has 0 aliphatic rings. The standard InChI is InChI=1S/C13H11F3N2O2S/c14-13(15,16)7-20-9-3-1-8(2-4-9)18-12(19)11-10(17)5-6-21-11/h1-6H,7,17H2,(H,18,19). The van der Waals surface area contributed by atoms with Gasteiger partial charge in [-0.05, 0) is 35.7 Å². The van der Waals surface area contributed by atoms with Crippen molar-refractivity contribution in [1.29, 1.82) is 0 Å². The summed E-state index contributed by atoms with van der Waals surface area (Å²) in [5.41, 5.74) is 6.44. The summed E-state index contributed by atoms with van der Waals surface area (Å²) in [6.45, 7) is -1.36. The number of amides is 1. The fourth-order valence-corrected chi connectivity index (χ4v) is 2.20. The van der Waals surface area contributed by atoms with Gasteiger partial charge in [-0.15, -0.1) is 11.3 Å². The number of ether oxygens (including phenoxy) is 1. The topological polar surface area (TPSA) is 64.4 Å². The van der Waals surface area contributed by atoms with E-state index in [1.807, 2.05) is 0 Å². The van der Waals surface area contributed by atoms with E-state index in [9.17, 15) is 18.0 Å². The third-order valence-electron chi connectivity index (χ3n) is 2.42. The molecule has 0 saturated heterocycles. The number of hydrogen-bond donors (Lipinski definition) is 2. The first-order chi connectivity index (χ1) is 9.85. The minimum Gasteiger partial charge on any atom is -0.484 e. The molecule has 1 aromatic carbocycles. The van der Waals surface area contributed by atoms with Gasteiger partial charge in [0.05, 0.1) is 5.69 Å². The molecule has 0 unspecified atom stereocenters. The Hall–Kier alpha value is -2.22. The summed E-state index contributed by atoms with van der Waals surface area (Å²) in [6.07, 6.45) is -4.39. The van der Waals surface area contributed by atoms with Crippen molar-refractivity contribution in [1.82, 2.24) is 0 Å². The van der Waals surface area contributed by atoms with E-state index in [4.69, 9.17) is 5.73 Å². The SMILES string of the molecule is Nc1ccsc1C(=O)Nc1ccc(OCC(F)(F)F)cc1. The first kappa shape index (κ1) is 15.2. The lowest BCUT2D eigenvalue weighted by Gasteiger charge is -2.10. The Kier molecular flexibility index (Phi) is 4.37. The molecule has 0 bridgehead atoms. The molecule has 2 aromatic rings. The fraction of sp³-hybridized carbons (Fsp3) is 0.154. The van der Waals surface area contributed by atoms with Crippen molar-refractivity contribution in [2.75, 3.05) is 17.7 Å². The number of thiophene rings is 1. The van der Waals surface area contributed by atoms with Gasteiger partial charge >= 0.3 is 6.18 Å². The molecular weight excluding hydrogens is 305 g/mol. The molecule has 0 atom stereocenters. The second-order valence-electron chi connectivity index (χ2n) is 4.09.